The van der Waals surface area contributed by atoms with Crippen LogP contribution in [0.5, 0.6) is 0 Å². The summed E-state index contributed by atoms with van der Waals surface area (Å²) in [5.41, 5.74) is 0. The van der Waals surface area contributed by atoms with Gasteiger partial charge in [-0.3, -0.25) is 0 Å². The number of hydrogen-bond donors (Lipinski definition) is 4. The molecule has 0 aliphatic carbocycles. The topological polar surface area (TPSA) is 98.0 Å². The van der Waals surface area contributed by atoms with Gasteiger partial charge in [0.2, 0.25) is 0 Å². The van der Waals surface area contributed by atoms with Crippen molar-refractivity contribution in [1.29, 1.82) is 0 Å². The average Bonchev–Trinajstić information content (AvgIpc) is 1.36. The molecule has 0 unspecified atom stereocenters. The predicted molar refractivity (Wildman–Crippen MR) is 36.8 cm³/mol. The van der Waals surface area contributed by atoms with Gasteiger partial charge in [-0.15, -0.1) is 12.4 Å². The molecule has 0 aliphatic rings. The first-order chi connectivity index (χ1) is 3.00. The molecule has 56 valence electrons. The Labute approximate surface area is 102 Å². The number of halogens is 1. The van der Waals surface area contributed by atoms with E-state index >= 15 is 0 Å². The third kappa shape index (κ3) is 160. The molecule has 5 nitrogen and oxygen atoms in total. The maximum atomic E-state index is 8.88. The Morgan fingerprint density at radius 3 is 1.11 bits per heavy atom. The van der Waals surface area contributed by atoms with Crippen molar-refractivity contribution in [3.63, 3.8) is 0 Å². The van der Waals surface area contributed by atoms with Crippen LogP contribution in [0.15, 0.2) is 0 Å². The Kier molecular flexibility index (Phi) is 31.6. The number of aliphatic hydroxyl groups is 1. The maximum absolute atomic E-state index is 8.88. The van der Waals surface area contributed by atoms with Crippen LogP contribution in [0.4, 0.5) is 0 Å². The molecule has 0 amide bonds. The van der Waals surface area contributed by atoms with Crippen LogP contribution >= 0.6 is 20.2 Å². The summed E-state index contributed by atoms with van der Waals surface area (Å²) < 4.78 is 8.88. The zero-order valence-corrected chi connectivity index (χ0v) is 5.76. The van der Waals surface area contributed by atoms with E-state index in [0.29, 0.717) is 0 Å². The summed E-state index contributed by atoms with van der Waals surface area (Å²) in [6.07, 6.45) is 0. The zero-order valence-electron chi connectivity index (χ0n) is 4.05. The number of rotatable bonds is 0. The van der Waals surface area contributed by atoms with Gasteiger partial charge in [0, 0.05) is 7.11 Å². The standard InChI is InChI=1S/CH4O.ClH.K.H3O4P.H/c1-2;;;1-5(2,3)4;/h2H,1H3;1H;;(H3,1,2,3,4);. The molecule has 4 N–H and O–H groups in total. The summed E-state index contributed by atoms with van der Waals surface area (Å²) >= 11 is 0. The summed E-state index contributed by atoms with van der Waals surface area (Å²) in [5.74, 6) is 0. The Morgan fingerprint density at radius 1 is 1.11 bits per heavy atom. The fraction of sp³-hybridized carbons (Fsp3) is 1.00. The molecule has 0 saturated heterocycles. The summed E-state index contributed by atoms with van der Waals surface area (Å²) in [5, 5.41) is 7.00. The first kappa shape index (κ1) is 22.4. The van der Waals surface area contributed by atoms with Gasteiger partial charge >= 0.3 is 59.2 Å². The van der Waals surface area contributed by atoms with E-state index in [4.69, 9.17) is 24.4 Å². The van der Waals surface area contributed by atoms with Crippen molar-refractivity contribution < 1.29 is 24.4 Å². The summed E-state index contributed by atoms with van der Waals surface area (Å²) in [6.45, 7) is 0. The molecule has 0 saturated carbocycles. The van der Waals surface area contributed by atoms with Crippen LogP contribution in [-0.4, -0.2) is 78.3 Å². The molecule has 9 heavy (non-hydrogen) atoms. The van der Waals surface area contributed by atoms with Crippen molar-refractivity contribution in [3.8, 4) is 0 Å². The van der Waals surface area contributed by atoms with Gasteiger partial charge in [0.1, 0.15) is 0 Å². The van der Waals surface area contributed by atoms with Gasteiger partial charge in [0.15, 0.2) is 0 Å². The van der Waals surface area contributed by atoms with Crippen LogP contribution < -0.4 is 0 Å². The van der Waals surface area contributed by atoms with Crippen LogP contribution in [0.1, 0.15) is 0 Å². The first-order valence-electron chi connectivity index (χ1n) is 1.23. The van der Waals surface area contributed by atoms with E-state index in [1.807, 2.05) is 0 Å². The molecule has 0 aromatic rings. The molecule has 0 aromatic carbocycles. The molecule has 0 aliphatic heterocycles. The SMILES string of the molecule is CO.Cl.O=P(O)(O)O.[KH]. The van der Waals surface area contributed by atoms with Crippen molar-refractivity contribution in [2.45, 2.75) is 0 Å². The molecule has 0 bridgehead atoms. The Bertz CT molecular complexity index is 63.1. The molecule has 0 radical (unpaired) electrons. The number of phosphoric acid groups is 1. The molecule has 0 spiro atoms. The average molecular weight is 207 g/mol. The quantitative estimate of drug-likeness (QED) is 0.284. The van der Waals surface area contributed by atoms with E-state index in [1.165, 1.54) is 0 Å². The monoisotopic (exact) mass is 206 g/mol. The predicted octanol–water partition coefficient (Wildman–Crippen LogP) is -1.55. The van der Waals surface area contributed by atoms with E-state index in [0.717, 1.165) is 7.11 Å². The van der Waals surface area contributed by atoms with Gasteiger partial charge in [-0.1, -0.05) is 0 Å². The minimum atomic E-state index is -4.64. The van der Waals surface area contributed by atoms with Crippen LogP contribution in [-0.2, 0) is 4.57 Å². The van der Waals surface area contributed by atoms with E-state index < -0.39 is 7.82 Å². The van der Waals surface area contributed by atoms with Crippen LogP contribution in [0.2, 0.25) is 0 Å². The molecule has 0 fully saturated rings. The van der Waals surface area contributed by atoms with Gasteiger partial charge in [-0.05, 0) is 0 Å². The summed E-state index contributed by atoms with van der Waals surface area (Å²) in [6, 6.07) is 0. The Hall–Kier alpha value is 2.00. The van der Waals surface area contributed by atoms with Gasteiger partial charge in [0.25, 0.3) is 0 Å². The van der Waals surface area contributed by atoms with Gasteiger partial charge in [-0.2, -0.15) is 0 Å². The van der Waals surface area contributed by atoms with E-state index in [2.05, 4.69) is 0 Å². The first-order valence-corrected chi connectivity index (χ1v) is 2.79. The molecule has 0 aromatic heterocycles. The third-order valence-electron chi connectivity index (χ3n) is 0. The fourth-order valence-electron chi connectivity index (χ4n) is 0. The van der Waals surface area contributed by atoms with E-state index in [1.54, 1.807) is 0 Å². The molecular formula is CH9ClKO5P. The molecule has 0 rings (SSSR count). The Balaban J connectivity index is -0.0000000286. The van der Waals surface area contributed by atoms with Crippen molar-refractivity contribution in [2.75, 3.05) is 7.11 Å². The second-order valence-electron chi connectivity index (χ2n) is 0.513. The molecular weight excluding hydrogens is 198 g/mol. The summed E-state index contributed by atoms with van der Waals surface area (Å²) in [4.78, 5) is 21.6. The summed E-state index contributed by atoms with van der Waals surface area (Å²) in [7, 11) is -3.64. The van der Waals surface area contributed by atoms with E-state index in [-0.39, 0.29) is 63.8 Å². The van der Waals surface area contributed by atoms with Crippen LogP contribution in [0, 0.1) is 0 Å². The number of hydrogen-bond acceptors (Lipinski definition) is 2. The van der Waals surface area contributed by atoms with Crippen molar-refractivity contribution >= 4 is 71.6 Å². The minimum absolute atomic E-state index is 0. The fourth-order valence-corrected chi connectivity index (χ4v) is 0. The molecule has 0 heterocycles. The van der Waals surface area contributed by atoms with Gasteiger partial charge < -0.3 is 19.8 Å². The van der Waals surface area contributed by atoms with Crippen LogP contribution in [0.3, 0.4) is 0 Å². The third-order valence-corrected chi connectivity index (χ3v) is 0. The van der Waals surface area contributed by atoms with E-state index in [9.17, 15) is 0 Å². The van der Waals surface area contributed by atoms with Gasteiger partial charge in [0.05, 0.1) is 0 Å². The number of aliphatic hydroxyl groups excluding tert-OH is 1. The molecule has 8 heteroatoms. The van der Waals surface area contributed by atoms with Crippen molar-refractivity contribution in [2.24, 2.45) is 0 Å². The van der Waals surface area contributed by atoms with Gasteiger partial charge in [-0.25, -0.2) is 4.57 Å². The second-order valence-corrected chi connectivity index (χ2v) is 1.54. The van der Waals surface area contributed by atoms with Crippen LogP contribution in [0.25, 0.3) is 0 Å². The second kappa shape index (κ2) is 12.7. The normalized spacial score (nSPS) is 7.22. The van der Waals surface area contributed by atoms with Crippen molar-refractivity contribution in [1.82, 2.24) is 0 Å². The van der Waals surface area contributed by atoms with Crippen molar-refractivity contribution in [3.05, 3.63) is 0 Å². The Morgan fingerprint density at radius 2 is 1.11 bits per heavy atom. The molecule has 0 atom stereocenters. The zero-order chi connectivity index (χ0) is 6.50.